The van der Waals surface area contributed by atoms with E-state index in [1.54, 1.807) is 42.6 Å². The SMILES string of the molecule is NC(N)=NC(=O)c1ccc2nccc(-c3cccc(F)c3Cl)c2c1. The lowest BCUT2D eigenvalue weighted by atomic mass is 9.99. The van der Waals surface area contributed by atoms with Gasteiger partial charge in [-0.05, 0) is 35.9 Å². The number of benzene rings is 2. The number of halogens is 2. The van der Waals surface area contributed by atoms with E-state index in [1.165, 1.54) is 6.07 Å². The maximum Gasteiger partial charge on any atom is 0.280 e. The highest BCUT2D eigenvalue weighted by atomic mass is 35.5. The zero-order chi connectivity index (χ0) is 17.3. The molecule has 0 saturated carbocycles. The van der Waals surface area contributed by atoms with Gasteiger partial charge in [0.25, 0.3) is 5.91 Å². The van der Waals surface area contributed by atoms with Crippen LogP contribution in [0.2, 0.25) is 5.02 Å². The molecule has 0 radical (unpaired) electrons. The van der Waals surface area contributed by atoms with Gasteiger partial charge in [-0.15, -0.1) is 0 Å². The molecule has 4 N–H and O–H groups in total. The molecule has 2 aromatic carbocycles. The van der Waals surface area contributed by atoms with Crippen LogP contribution in [0.4, 0.5) is 4.39 Å². The third-order valence-electron chi connectivity index (χ3n) is 3.46. The van der Waals surface area contributed by atoms with Gasteiger partial charge in [0.1, 0.15) is 5.82 Å². The van der Waals surface area contributed by atoms with Gasteiger partial charge in [-0.25, -0.2) is 4.39 Å². The lowest BCUT2D eigenvalue weighted by molar-refractivity contribution is 0.100. The number of nitrogens with zero attached hydrogens (tertiary/aromatic N) is 2. The van der Waals surface area contributed by atoms with Gasteiger partial charge in [-0.3, -0.25) is 9.78 Å². The number of rotatable bonds is 2. The largest absolute Gasteiger partial charge is 0.370 e. The highest BCUT2D eigenvalue weighted by Gasteiger charge is 2.13. The summed E-state index contributed by atoms with van der Waals surface area (Å²) in [6.07, 6.45) is 1.59. The average Bonchev–Trinajstić information content (AvgIpc) is 2.56. The molecular formula is C17H12ClFN4O. The molecule has 0 saturated heterocycles. The molecule has 0 atom stereocenters. The van der Waals surface area contributed by atoms with Crippen LogP contribution in [-0.2, 0) is 0 Å². The van der Waals surface area contributed by atoms with Crippen molar-refractivity contribution < 1.29 is 9.18 Å². The zero-order valence-corrected chi connectivity index (χ0v) is 13.1. The lowest BCUT2D eigenvalue weighted by Gasteiger charge is -2.09. The van der Waals surface area contributed by atoms with Crippen molar-refractivity contribution in [3.8, 4) is 11.1 Å². The fraction of sp³-hybridized carbons (Fsp3) is 0. The van der Waals surface area contributed by atoms with Crippen molar-refractivity contribution in [3.05, 3.63) is 65.1 Å². The molecule has 0 aliphatic carbocycles. The quantitative estimate of drug-likeness (QED) is 0.552. The lowest BCUT2D eigenvalue weighted by Crippen LogP contribution is -2.24. The summed E-state index contributed by atoms with van der Waals surface area (Å²) in [6, 6.07) is 11.1. The van der Waals surface area contributed by atoms with Gasteiger partial charge in [0.05, 0.1) is 10.5 Å². The van der Waals surface area contributed by atoms with Gasteiger partial charge < -0.3 is 11.5 Å². The molecule has 0 bridgehead atoms. The maximum atomic E-state index is 13.8. The Kier molecular flexibility index (Phi) is 4.14. The number of hydrogen-bond donors (Lipinski definition) is 2. The number of hydrogen-bond acceptors (Lipinski definition) is 2. The van der Waals surface area contributed by atoms with Gasteiger partial charge in [-0.1, -0.05) is 23.7 Å². The molecule has 0 fully saturated rings. The van der Waals surface area contributed by atoms with Gasteiger partial charge in [0, 0.05) is 22.7 Å². The van der Waals surface area contributed by atoms with Crippen LogP contribution in [0.5, 0.6) is 0 Å². The van der Waals surface area contributed by atoms with Crippen molar-refractivity contribution >= 4 is 34.4 Å². The van der Waals surface area contributed by atoms with Crippen LogP contribution in [0, 0.1) is 5.82 Å². The van der Waals surface area contributed by atoms with Crippen LogP contribution in [0.1, 0.15) is 10.4 Å². The Bertz CT molecular complexity index is 983. The second kappa shape index (κ2) is 6.25. The Morgan fingerprint density at radius 2 is 1.92 bits per heavy atom. The van der Waals surface area contributed by atoms with Crippen LogP contribution >= 0.6 is 11.6 Å². The zero-order valence-electron chi connectivity index (χ0n) is 12.3. The fourth-order valence-electron chi connectivity index (χ4n) is 2.41. The summed E-state index contributed by atoms with van der Waals surface area (Å²) >= 11 is 6.08. The first-order chi connectivity index (χ1) is 11.5. The Morgan fingerprint density at radius 3 is 2.67 bits per heavy atom. The van der Waals surface area contributed by atoms with E-state index < -0.39 is 11.7 Å². The Hall–Kier alpha value is -2.99. The topological polar surface area (TPSA) is 94.4 Å². The summed E-state index contributed by atoms with van der Waals surface area (Å²) in [5.74, 6) is -1.41. The van der Waals surface area contributed by atoms with Gasteiger partial charge in [0.2, 0.25) is 0 Å². The van der Waals surface area contributed by atoms with E-state index in [-0.39, 0.29) is 16.5 Å². The second-order valence-electron chi connectivity index (χ2n) is 5.03. The molecule has 0 unspecified atom stereocenters. The van der Waals surface area contributed by atoms with Crippen LogP contribution in [0.3, 0.4) is 0 Å². The summed E-state index contributed by atoms with van der Waals surface area (Å²) in [5.41, 5.74) is 12.6. The number of fused-ring (bicyclic) bond motifs is 1. The number of carbonyl (C=O) groups excluding carboxylic acids is 1. The van der Waals surface area contributed by atoms with Crippen molar-refractivity contribution in [1.82, 2.24) is 4.98 Å². The molecule has 7 heteroatoms. The average molecular weight is 343 g/mol. The smallest absolute Gasteiger partial charge is 0.280 e. The third kappa shape index (κ3) is 2.91. The molecule has 0 spiro atoms. The standard InChI is InChI=1S/C17H12ClFN4O/c18-15-11(2-1-3-13(15)19)10-6-7-22-14-5-4-9(8-12(10)14)16(24)23-17(20)21/h1-8H,(H4,20,21,23,24). The van der Waals surface area contributed by atoms with E-state index >= 15 is 0 Å². The molecule has 24 heavy (non-hydrogen) atoms. The summed E-state index contributed by atoms with van der Waals surface area (Å²) in [4.78, 5) is 19.8. The fourth-order valence-corrected chi connectivity index (χ4v) is 2.64. The van der Waals surface area contributed by atoms with E-state index in [9.17, 15) is 9.18 Å². The minimum Gasteiger partial charge on any atom is -0.370 e. The van der Waals surface area contributed by atoms with E-state index in [1.807, 2.05) is 0 Å². The molecule has 1 amide bonds. The second-order valence-corrected chi connectivity index (χ2v) is 5.41. The Morgan fingerprint density at radius 1 is 1.12 bits per heavy atom. The number of guanidine groups is 1. The Balaban J connectivity index is 2.24. The number of carbonyl (C=O) groups is 1. The van der Waals surface area contributed by atoms with E-state index in [2.05, 4.69) is 9.98 Å². The van der Waals surface area contributed by atoms with Gasteiger partial charge in [-0.2, -0.15) is 4.99 Å². The molecule has 3 aromatic rings. The normalized spacial score (nSPS) is 10.6. The summed E-state index contributed by atoms with van der Waals surface area (Å²) < 4.78 is 13.8. The predicted molar refractivity (Wildman–Crippen MR) is 92.3 cm³/mol. The van der Waals surface area contributed by atoms with E-state index in [4.69, 9.17) is 23.1 Å². The highest BCUT2D eigenvalue weighted by Crippen LogP contribution is 2.34. The van der Waals surface area contributed by atoms with Crippen molar-refractivity contribution in [1.29, 1.82) is 0 Å². The molecule has 1 heterocycles. The minimum absolute atomic E-state index is 0.00551. The number of nitrogens with two attached hydrogens (primary N) is 2. The highest BCUT2D eigenvalue weighted by molar-refractivity contribution is 6.33. The summed E-state index contributed by atoms with van der Waals surface area (Å²) in [6.45, 7) is 0. The first-order valence-corrected chi connectivity index (χ1v) is 7.32. The number of amides is 1. The molecule has 0 aliphatic rings. The van der Waals surface area contributed by atoms with Crippen molar-refractivity contribution in [2.24, 2.45) is 16.5 Å². The monoisotopic (exact) mass is 342 g/mol. The van der Waals surface area contributed by atoms with Gasteiger partial charge in [0.15, 0.2) is 5.96 Å². The third-order valence-corrected chi connectivity index (χ3v) is 3.85. The van der Waals surface area contributed by atoms with Crippen molar-refractivity contribution in [2.45, 2.75) is 0 Å². The van der Waals surface area contributed by atoms with Crippen molar-refractivity contribution in [3.63, 3.8) is 0 Å². The van der Waals surface area contributed by atoms with Gasteiger partial charge >= 0.3 is 0 Å². The van der Waals surface area contributed by atoms with Crippen LogP contribution in [-0.4, -0.2) is 16.9 Å². The van der Waals surface area contributed by atoms with Crippen LogP contribution < -0.4 is 11.5 Å². The van der Waals surface area contributed by atoms with Crippen LogP contribution in [0.25, 0.3) is 22.0 Å². The molecule has 1 aromatic heterocycles. The maximum absolute atomic E-state index is 13.8. The van der Waals surface area contributed by atoms with Crippen molar-refractivity contribution in [2.75, 3.05) is 0 Å². The van der Waals surface area contributed by atoms with E-state index in [0.29, 0.717) is 22.0 Å². The minimum atomic E-state index is -0.572. The molecule has 120 valence electrons. The number of aromatic nitrogens is 1. The molecule has 3 rings (SSSR count). The first-order valence-electron chi connectivity index (χ1n) is 6.94. The predicted octanol–water partition coefficient (Wildman–Crippen LogP) is 3.11. The summed E-state index contributed by atoms with van der Waals surface area (Å²) in [7, 11) is 0. The number of aliphatic imine (C=N–C) groups is 1. The summed E-state index contributed by atoms with van der Waals surface area (Å²) in [5, 5.41) is 0.646. The molecular weight excluding hydrogens is 331 g/mol. The molecule has 0 aliphatic heterocycles. The van der Waals surface area contributed by atoms with Crippen LogP contribution in [0.15, 0.2) is 53.7 Å². The molecule has 5 nitrogen and oxygen atoms in total. The van der Waals surface area contributed by atoms with E-state index in [0.717, 1.165) is 0 Å². The first kappa shape index (κ1) is 15.9. The number of pyridine rings is 1. The Labute approximate surface area is 141 Å².